The third kappa shape index (κ3) is 2.11. The molecule has 0 saturated carbocycles. The fraction of sp³-hybridized carbons (Fsp3) is 0.182. The van der Waals surface area contributed by atoms with E-state index in [2.05, 4.69) is 20.9 Å². The normalized spacial score (nSPS) is 14.7. The van der Waals surface area contributed by atoms with E-state index in [1.54, 1.807) is 13.1 Å². The van der Waals surface area contributed by atoms with Gasteiger partial charge in [0.05, 0.1) is 4.88 Å². The lowest BCUT2D eigenvalue weighted by atomic mass is 9.95. The van der Waals surface area contributed by atoms with E-state index in [0.717, 1.165) is 14.9 Å². The average Bonchev–Trinajstić information content (AvgIpc) is 2.65. The molecule has 16 heavy (non-hydrogen) atoms. The van der Waals surface area contributed by atoms with Crippen molar-refractivity contribution in [1.29, 1.82) is 0 Å². The van der Waals surface area contributed by atoms with Gasteiger partial charge in [-0.3, -0.25) is 0 Å². The Kier molecular flexibility index (Phi) is 3.01. The zero-order valence-corrected chi connectivity index (χ0v) is 11.0. The van der Waals surface area contributed by atoms with Crippen LogP contribution in [0.1, 0.15) is 17.4 Å². The Balaban J connectivity index is 2.46. The van der Waals surface area contributed by atoms with Crippen molar-refractivity contribution >= 4 is 32.4 Å². The molecule has 0 bridgehead atoms. The zero-order valence-electron chi connectivity index (χ0n) is 8.64. The first-order valence-corrected chi connectivity index (χ1v) is 6.31. The maximum Gasteiger partial charge on any atom is 0.180 e. The molecule has 1 aromatic carbocycles. The predicted octanol–water partition coefficient (Wildman–Crippen LogP) is 2.74. The first-order chi connectivity index (χ1) is 7.50. The highest BCUT2D eigenvalue weighted by Crippen LogP contribution is 2.34. The van der Waals surface area contributed by atoms with Crippen LogP contribution in [-0.2, 0) is 5.60 Å². The highest BCUT2D eigenvalue weighted by molar-refractivity contribution is 9.10. The number of benzene rings is 1. The standard InChI is InChI=1S/C11H11BrN2OS/c1-11(15,9-6-14-10(13)16-9)7-3-2-4-8(12)5-7/h2-6,15H,1H3,(H2,13,14). The van der Waals surface area contributed by atoms with E-state index < -0.39 is 5.60 Å². The van der Waals surface area contributed by atoms with Gasteiger partial charge in [-0.1, -0.05) is 39.4 Å². The molecule has 0 spiro atoms. The molecular weight excluding hydrogens is 288 g/mol. The van der Waals surface area contributed by atoms with Crippen LogP contribution in [0.15, 0.2) is 34.9 Å². The van der Waals surface area contributed by atoms with Crippen LogP contribution in [0.2, 0.25) is 0 Å². The number of aromatic nitrogens is 1. The lowest BCUT2D eigenvalue weighted by molar-refractivity contribution is 0.106. The second-order valence-corrected chi connectivity index (χ2v) is 5.62. The number of nitrogens with two attached hydrogens (primary N) is 1. The van der Waals surface area contributed by atoms with E-state index in [1.165, 1.54) is 11.3 Å². The molecule has 1 aromatic heterocycles. The lowest BCUT2D eigenvalue weighted by Gasteiger charge is -2.22. The number of aliphatic hydroxyl groups is 1. The molecule has 1 unspecified atom stereocenters. The highest BCUT2D eigenvalue weighted by Gasteiger charge is 2.28. The van der Waals surface area contributed by atoms with Crippen LogP contribution in [-0.4, -0.2) is 10.1 Å². The molecule has 0 fully saturated rings. The summed E-state index contributed by atoms with van der Waals surface area (Å²) in [4.78, 5) is 4.69. The lowest BCUT2D eigenvalue weighted by Crippen LogP contribution is -2.21. The Morgan fingerprint density at radius 2 is 2.25 bits per heavy atom. The molecule has 3 nitrogen and oxygen atoms in total. The summed E-state index contributed by atoms with van der Waals surface area (Å²) in [6.07, 6.45) is 1.61. The van der Waals surface area contributed by atoms with Crippen molar-refractivity contribution in [2.75, 3.05) is 5.73 Å². The minimum Gasteiger partial charge on any atom is -0.380 e. The maximum absolute atomic E-state index is 10.5. The van der Waals surface area contributed by atoms with E-state index in [9.17, 15) is 5.11 Å². The number of hydrogen-bond acceptors (Lipinski definition) is 4. The Morgan fingerprint density at radius 3 is 2.81 bits per heavy atom. The summed E-state index contributed by atoms with van der Waals surface area (Å²) >= 11 is 4.68. The number of rotatable bonds is 2. The third-order valence-corrected chi connectivity index (χ3v) is 3.92. The van der Waals surface area contributed by atoms with E-state index in [1.807, 2.05) is 24.3 Å². The maximum atomic E-state index is 10.5. The van der Waals surface area contributed by atoms with Crippen LogP contribution in [0.4, 0.5) is 5.13 Å². The summed E-state index contributed by atoms with van der Waals surface area (Å²) in [6.45, 7) is 1.74. The number of halogens is 1. The summed E-state index contributed by atoms with van der Waals surface area (Å²) in [5, 5.41) is 11.0. The van der Waals surface area contributed by atoms with E-state index in [-0.39, 0.29) is 0 Å². The smallest absolute Gasteiger partial charge is 0.180 e. The topological polar surface area (TPSA) is 59.1 Å². The predicted molar refractivity (Wildman–Crippen MR) is 69.3 cm³/mol. The van der Waals surface area contributed by atoms with Gasteiger partial charge in [0, 0.05) is 10.7 Å². The van der Waals surface area contributed by atoms with Crippen LogP contribution in [0.3, 0.4) is 0 Å². The first kappa shape index (κ1) is 11.6. The van der Waals surface area contributed by atoms with Crippen LogP contribution in [0.25, 0.3) is 0 Å². The fourth-order valence-electron chi connectivity index (χ4n) is 1.45. The minimum atomic E-state index is -1.06. The summed E-state index contributed by atoms with van der Waals surface area (Å²) in [6, 6.07) is 7.56. The molecule has 0 amide bonds. The first-order valence-electron chi connectivity index (χ1n) is 4.70. The summed E-state index contributed by atoms with van der Waals surface area (Å²) < 4.78 is 0.933. The van der Waals surface area contributed by atoms with Gasteiger partial charge >= 0.3 is 0 Å². The van der Waals surface area contributed by atoms with Crippen molar-refractivity contribution in [3.05, 3.63) is 45.4 Å². The molecule has 1 heterocycles. The molecule has 0 aliphatic carbocycles. The minimum absolute atomic E-state index is 0.463. The number of anilines is 1. The molecule has 3 N–H and O–H groups in total. The highest BCUT2D eigenvalue weighted by atomic mass is 79.9. The SMILES string of the molecule is CC(O)(c1cccc(Br)c1)c1cnc(N)s1. The van der Waals surface area contributed by atoms with Crippen molar-refractivity contribution in [3.63, 3.8) is 0 Å². The van der Waals surface area contributed by atoms with Gasteiger partial charge in [0.2, 0.25) is 0 Å². The average molecular weight is 299 g/mol. The summed E-state index contributed by atoms with van der Waals surface area (Å²) in [5.74, 6) is 0. The molecule has 84 valence electrons. The van der Waals surface area contributed by atoms with E-state index in [0.29, 0.717) is 5.13 Å². The van der Waals surface area contributed by atoms with Gasteiger partial charge in [-0.25, -0.2) is 4.98 Å². The van der Waals surface area contributed by atoms with E-state index in [4.69, 9.17) is 5.73 Å². The van der Waals surface area contributed by atoms with Gasteiger partial charge in [0.1, 0.15) is 5.60 Å². The van der Waals surface area contributed by atoms with E-state index >= 15 is 0 Å². The Hall–Kier alpha value is -0.910. The molecule has 2 aromatic rings. The van der Waals surface area contributed by atoms with Crippen molar-refractivity contribution in [2.24, 2.45) is 0 Å². The number of nitrogen functional groups attached to an aromatic ring is 1. The Bertz CT molecular complexity index is 510. The quantitative estimate of drug-likeness (QED) is 0.896. The third-order valence-electron chi connectivity index (χ3n) is 2.39. The molecule has 1 atom stereocenters. The summed E-state index contributed by atoms with van der Waals surface area (Å²) in [7, 11) is 0. The monoisotopic (exact) mass is 298 g/mol. The number of hydrogen-bond donors (Lipinski definition) is 2. The van der Waals surface area contributed by atoms with Gasteiger partial charge in [-0.2, -0.15) is 0 Å². The molecule has 5 heteroatoms. The van der Waals surface area contributed by atoms with Crippen molar-refractivity contribution in [2.45, 2.75) is 12.5 Å². The Morgan fingerprint density at radius 1 is 1.50 bits per heavy atom. The molecule has 0 aliphatic heterocycles. The van der Waals surface area contributed by atoms with Gasteiger partial charge in [-0.15, -0.1) is 0 Å². The van der Waals surface area contributed by atoms with Gasteiger partial charge in [0.15, 0.2) is 5.13 Å². The van der Waals surface area contributed by atoms with Crippen molar-refractivity contribution < 1.29 is 5.11 Å². The van der Waals surface area contributed by atoms with Crippen LogP contribution in [0, 0.1) is 0 Å². The van der Waals surface area contributed by atoms with Crippen molar-refractivity contribution in [3.8, 4) is 0 Å². The van der Waals surface area contributed by atoms with Gasteiger partial charge < -0.3 is 10.8 Å². The second-order valence-electron chi connectivity index (χ2n) is 3.65. The van der Waals surface area contributed by atoms with Crippen LogP contribution in [0.5, 0.6) is 0 Å². The molecule has 0 saturated heterocycles. The van der Waals surface area contributed by atoms with Gasteiger partial charge in [0.25, 0.3) is 0 Å². The molecular formula is C11H11BrN2OS. The molecule has 0 aliphatic rings. The fourth-order valence-corrected chi connectivity index (χ4v) is 2.60. The largest absolute Gasteiger partial charge is 0.380 e. The van der Waals surface area contributed by atoms with Crippen molar-refractivity contribution in [1.82, 2.24) is 4.98 Å². The molecule has 0 radical (unpaired) electrons. The van der Waals surface area contributed by atoms with Crippen LogP contribution >= 0.6 is 27.3 Å². The summed E-state index contributed by atoms with van der Waals surface area (Å²) in [5.41, 5.74) is 5.32. The Labute approximate surface area is 106 Å². The zero-order chi connectivity index (χ0) is 11.8. The van der Waals surface area contributed by atoms with Crippen LogP contribution < -0.4 is 5.73 Å². The second kappa shape index (κ2) is 4.16. The number of nitrogens with zero attached hydrogens (tertiary/aromatic N) is 1. The van der Waals surface area contributed by atoms with Gasteiger partial charge in [-0.05, 0) is 24.6 Å². The number of thiazole rings is 1. The molecule has 2 rings (SSSR count).